The molecule has 8 heteroatoms. The molecule has 21 heavy (non-hydrogen) atoms. The van der Waals surface area contributed by atoms with E-state index in [4.69, 9.17) is 0 Å². The quantitative estimate of drug-likeness (QED) is 0.755. The molecule has 0 fully saturated rings. The first-order chi connectivity index (χ1) is 10.0. The lowest BCUT2D eigenvalue weighted by Crippen LogP contribution is -2.27. The maximum absolute atomic E-state index is 12.1. The molecule has 0 bridgehead atoms. The van der Waals surface area contributed by atoms with Gasteiger partial charge in [-0.3, -0.25) is 4.68 Å². The molecule has 0 spiro atoms. The summed E-state index contributed by atoms with van der Waals surface area (Å²) in [4.78, 5) is 3.99. The van der Waals surface area contributed by atoms with Crippen molar-refractivity contribution in [2.45, 2.75) is 18.0 Å². The van der Waals surface area contributed by atoms with Gasteiger partial charge in [0.05, 0.1) is 5.69 Å². The van der Waals surface area contributed by atoms with Gasteiger partial charge in [-0.2, -0.15) is 5.10 Å². The van der Waals surface area contributed by atoms with Gasteiger partial charge in [-0.05, 0) is 24.7 Å². The number of hydrogen-bond acceptors (Lipinski definition) is 5. The lowest BCUT2D eigenvalue weighted by atomic mass is 10.3. The molecule has 2 aromatic rings. The maximum atomic E-state index is 12.1. The average Bonchev–Trinajstić information content (AvgIpc) is 2.85. The molecule has 0 saturated carbocycles. The smallest absolute Gasteiger partial charge is 0.258 e. The van der Waals surface area contributed by atoms with E-state index in [1.165, 1.54) is 6.07 Å². The number of nitrogens with one attached hydrogen (secondary N) is 2. The first kappa shape index (κ1) is 15.6. The minimum atomic E-state index is -3.57. The van der Waals surface area contributed by atoms with Gasteiger partial charge in [0.2, 0.25) is 0 Å². The van der Waals surface area contributed by atoms with Crippen LogP contribution < -0.4 is 10.0 Å². The third kappa shape index (κ3) is 4.35. The normalized spacial score (nSPS) is 11.7. The van der Waals surface area contributed by atoms with E-state index in [1.54, 1.807) is 16.9 Å². The van der Waals surface area contributed by atoms with Crippen molar-refractivity contribution in [1.82, 2.24) is 24.8 Å². The molecule has 2 aromatic heterocycles. The Kier molecular flexibility index (Phi) is 5.05. The predicted molar refractivity (Wildman–Crippen MR) is 79.1 cm³/mol. The van der Waals surface area contributed by atoms with E-state index in [1.807, 2.05) is 26.4 Å². The van der Waals surface area contributed by atoms with Gasteiger partial charge in [-0.15, -0.1) is 0 Å². The molecule has 0 radical (unpaired) electrons. The van der Waals surface area contributed by atoms with E-state index in [9.17, 15) is 8.42 Å². The van der Waals surface area contributed by atoms with Gasteiger partial charge in [0.15, 0.2) is 5.03 Å². The van der Waals surface area contributed by atoms with Crippen LogP contribution >= 0.6 is 0 Å². The number of hydrogen-bond donors (Lipinski definition) is 2. The summed E-state index contributed by atoms with van der Waals surface area (Å²) in [5.41, 5.74) is 1.78. The van der Waals surface area contributed by atoms with Gasteiger partial charge in [-0.25, -0.2) is 18.1 Å². The predicted octanol–water partition coefficient (Wildman–Crippen LogP) is 0.0555. The zero-order valence-electron chi connectivity index (χ0n) is 12.1. The van der Waals surface area contributed by atoms with Crippen molar-refractivity contribution < 1.29 is 8.42 Å². The largest absolute Gasteiger partial charge is 0.316 e. The second kappa shape index (κ2) is 6.79. The Balaban J connectivity index is 1.94. The Morgan fingerprint density at radius 2 is 2.10 bits per heavy atom. The Morgan fingerprint density at radius 3 is 2.67 bits per heavy atom. The van der Waals surface area contributed by atoms with Gasteiger partial charge in [0.25, 0.3) is 10.0 Å². The van der Waals surface area contributed by atoms with Crippen molar-refractivity contribution >= 4 is 10.0 Å². The van der Waals surface area contributed by atoms with Gasteiger partial charge < -0.3 is 5.32 Å². The summed E-state index contributed by atoms with van der Waals surface area (Å²) >= 11 is 0. The zero-order valence-corrected chi connectivity index (χ0v) is 12.9. The second-order valence-corrected chi connectivity index (χ2v) is 6.38. The van der Waals surface area contributed by atoms with E-state index in [0.717, 1.165) is 11.3 Å². The standard InChI is InChI=1S/C13H19N5O2S/c1-14-9-11-3-4-13(15-10-11)21(19,20)16-7-5-12-6-8-18(2)17-12/h3-4,6,8,10,14,16H,5,7,9H2,1-2H3. The summed E-state index contributed by atoms with van der Waals surface area (Å²) in [5, 5.41) is 7.21. The highest BCUT2D eigenvalue weighted by Crippen LogP contribution is 2.06. The molecule has 0 saturated heterocycles. The van der Waals surface area contributed by atoms with Gasteiger partial charge >= 0.3 is 0 Å². The van der Waals surface area contributed by atoms with Crippen LogP contribution in [0.25, 0.3) is 0 Å². The van der Waals surface area contributed by atoms with E-state index >= 15 is 0 Å². The lowest BCUT2D eigenvalue weighted by Gasteiger charge is -2.06. The van der Waals surface area contributed by atoms with E-state index in [0.29, 0.717) is 19.5 Å². The highest BCUT2D eigenvalue weighted by Gasteiger charge is 2.15. The van der Waals surface area contributed by atoms with Crippen molar-refractivity contribution in [3.8, 4) is 0 Å². The van der Waals surface area contributed by atoms with Crippen molar-refractivity contribution in [1.29, 1.82) is 0 Å². The molecule has 7 nitrogen and oxygen atoms in total. The molecule has 0 aliphatic carbocycles. The number of pyridine rings is 1. The molecule has 2 rings (SSSR count). The first-order valence-corrected chi connectivity index (χ1v) is 8.07. The Bertz CT molecular complexity index is 679. The van der Waals surface area contributed by atoms with E-state index < -0.39 is 10.0 Å². The average molecular weight is 309 g/mol. The first-order valence-electron chi connectivity index (χ1n) is 6.59. The Labute approximate surface area is 124 Å². The molecule has 0 atom stereocenters. The summed E-state index contributed by atoms with van der Waals surface area (Å²) in [6.07, 6.45) is 3.92. The fourth-order valence-electron chi connectivity index (χ4n) is 1.86. The molecule has 2 N–H and O–H groups in total. The number of nitrogens with zero attached hydrogens (tertiary/aromatic N) is 3. The van der Waals surface area contributed by atoms with Crippen LogP contribution in [0.4, 0.5) is 0 Å². The minimum Gasteiger partial charge on any atom is -0.316 e. The van der Waals surface area contributed by atoms with Crippen LogP contribution in [0, 0.1) is 0 Å². The highest BCUT2D eigenvalue weighted by molar-refractivity contribution is 7.89. The van der Waals surface area contributed by atoms with E-state index in [-0.39, 0.29) is 5.03 Å². The Hall–Kier alpha value is -1.77. The van der Waals surface area contributed by atoms with Crippen molar-refractivity contribution in [3.63, 3.8) is 0 Å². The van der Waals surface area contributed by atoms with Gasteiger partial charge in [-0.1, -0.05) is 6.07 Å². The molecule has 2 heterocycles. The molecular formula is C13H19N5O2S. The van der Waals surface area contributed by atoms with Crippen molar-refractivity contribution in [2.24, 2.45) is 7.05 Å². The number of rotatable bonds is 7. The zero-order chi connectivity index (χ0) is 15.3. The van der Waals surface area contributed by atoms with Crippen molar-refractivity contribution in [2.75, 3.05) is 13.6 Å². The maximum Gasteiger partial charge on any atom is 0.258 e. The van der Waals surface area contributed by atoms with E-state index in [2.05, 4.69) is 20.1 Å². The summed E-state index contributed by atoms with van der Waals surface area (Å²) < 4.78 is 28.4. The van der Waals surface area contributed by atoms with Crippen molar-refractivity contribution in [3.05, 3.63) is 41.9 Å². The molecule has 114 valence electrons. The van der Waals surface area contributed by atoms with Crippen LogP contribution in [-0.4, -0.2) is 36.8 Å². The molecule has 0 unspecified atom stereocenters. The topological polar surface area (TPSA) is 88.9 Å². The summed E-state index contributed by atoms with van der Waals surface area (Å²) in [6.45, 7) is 0.944. The molecule has 0 aromatic carbocycles. The van der Waals surface area contributed by atoms with Crippen LogP contribution in [-0.2, 0) is 30.0 Å². The van der Waals surface area contributed by atoms with Crippen LogP contribution in [0.15, 0.2) is 35.6 Å². The fraction of sp³-hybridized carbons (Fsp3) is 0.385. The number of aryl methyl sites for hydroxylation is 1. The van der Waals surface area contributed by atoms with Crippen LogP contribution in [0.5, 0.6) is 0 Å². The summed E-state index contributed by atoms with van der Waals surface area (Å²) in [6, 6.07) is 5.12. The van der Waals surface area contributed by atoms with Gasteiger partial charge in [0.1, 0.15) is 0 Å². The summed E-state index contributed by atoms with van der Waals surface area (Å²) in [5.74, 6) is 0. The van der Waals surface area contributed by atoms with Crippen LogP contribution in [0.3, 0.4) is 0 Å². The van der Waals surface area contributed by atoms with Crippen LogP contribution in [0.2, 0.25) is 0 Å². The Morgan fingerprint density at radius 1 is 1.29 bits per heavy atom. The molecule has 0 amide bonds. The minimum absolute atomic E-state index is 0.0309. The molecular weight excluding hydrogens is 290 g/mol. The summed E-state index contributed by atoms with van der Waals surface area (Å²) in [7, 11) is 0.0755. The second-order valence-electron chi connectivity index (χ2n) is 4.66. The third-order valence-corrected chi connectivity index (χ3v) is 4.27. The van der Waals surface area contributed by atoms with Crippen LogP contribution in [0.1, 0.15) is 11.3 Å². The molecule has 0 aliphatic heterocycles. The number of sulfonamides is 1. The molecule has 0 aliphatic rings. The SMILES string of the molecule is CNCc1ccc(S(=O)(=O)NCCc2ccn(C)n2)nc1. The van der Waals surface area contributed by atoms with Gasteiger partial charge in [0, 0.05) is 39.0 Å². The highest BCUT2D eigenvalue weighted by atomic mass is 32.2. The fourth-order valence-corrected chi connectivity index (χ4v) is 2.82. The number of aromatic nitrogens is 3. The third-order valence-electron chi connectivity index (χ3n) is 2.90. The lowest BCUT2D eigenvalue weighted by molar-refractivity contribution is 0.577. The monoisotopic (exact) mass is 309 g/mol.